The number of halogens is 1. The highest BCUT2D eigenvalue weighted by molar-refractivity contribution is 9.10. The summed E-state index contributed by atoms with van der Waals surface area (Å²) < 4.78 is 6.24. The molecule has 1 heterocycles. The van der Waals surface area contributed by atoms with Gasteiger partial charge in [-0.25, -0.2) is 4.99 Å². The lowest BCUT2D eigenvalue weighted by Gasteiger charge is -2.19. The van der Waals surface area contributed by atoms with Crippen LogP contribution in [0.3, 0.4) is 0 Å². The second-order valence-electron chi connectivity index (χ2n) is 6.72. The molecule has 29 heavy (non-hydrogen) atoms. The summed E-state index contributed by atoms with van der Waals surface area (Å²) in [4.78, 5) is 19.7. The monoisotopic (exact) mass is 446 g/mol. The first-order valence-corrected chi connectivity index (χ1v) is 9.96. The third-order valence-corrected chi connectivity index (χ3v) is 5.17. The fourth-order valence-electron chi connectivity index (χ4n) is 3.17. The molecule has 5 heteroatoms. The van der Waals surface area contributed by atoms with Gasteiger partial charge in [0.15, 0.2) is 0 Å². The van der Waals surface area contributed by atoms with Gasteiger partial charge in [-0.2, -0.15) is 0 Å². The third kappa shape index (κ3) is 4.00. The van der Waals surface area contributed by atoms with Crippen LogP contribution in [0.25, 0.3) is 6.08 Å². The number of ether oxygens (including phenoxy) is 1. The number of aliphatic imine (C=N–C) groups is 1. The number of anilines is 1. The van der Waals surface area contributed by atoms with Crippen molar-refractivity contribution in [3.05, 3.63) is 99.7 Å². The van der Waals surface area contributed by atoms with E-state index >= 15 is 0 Å². The summed E-state index contributed by atoms with van der Waals surface area (Å²) in [5, 5.41) is 0. The van der Waals surface area contributed by atoms with Crippen LogP contribution < -0.4 is 9.64 Å². The molecule has 144 valence electrons. The maximum Gasteiger partial charge on any atom is 0.282 e. The summed E-state index contributed by atoms with van der Waals surface area (Å²) in [6.45, 7) is 2.01. The topological polar surface area (TPSA) is 41.9 Å². The van der Waals surface area contributed by atoms with E-state index < -0.39 is 0 Å². The van der Waals surface area contributed by atoms with Gasteiger partial charge in [-0.1, -0.05) is 40.2 Å². The van der Waals surface area contributed by atoms with Crippen LogP contribution in [0.15, 0.2) is 88.0 Å². The van der Waals surface area contributed by atoms with E-state index in [0.29, 0.717) is 11.5 Å². The van der Waals surface area contributed by atoms with Gasteiger partial charge in [0.05, 0.1) is 12.8 Å². The van der Waals surface area contributed by atoms with E-state index in [1.54, 1.807) is 12.0 Å². The highest BCUT2D eigenvalue weighted by Gasteiger charge is 2.32. The van der Waals surface area contributed by atoms with Crippen LogP contribution >= 0.6 is 15.9 Å². The van der Waals surface area contributed by atoms with Crippen molar-refractivity contribution >= 4 is 39.4 Å². The first-order chi connectivity index (χ1) is 14.0. The second kappa shape index (κ2) is 8.05. The zero-order valence-corrected chi connectivity index (χ0v) is 17.7. The smallest absolute Gasteiger partial charge is 0.282 e. The average Bonchev–Trinajstić information content (AvgIpc) is 3.06. The Morgan fingerprint density at radius 1 is 1.00 bits per heavy atom. The van der Waals surface area contributed by atoms with Crippen molar-refractivity contribution in [3.63, 3.8) is 0 Å². The fraction of sp³-hybridized carbons (Fsp3) is 0.0833. The molecule has 0 saturated carbocycles. The first-order valence-electron chi connectivity index (χ1n) is 9.16. The van der Waals surface area contributed by atoms with E-state index in [4.69, 9.17) is 9.73 Å². The molecular weight excluding hydrogens is 428 g/mol. The highest BCUT2D eigenvalue weighted by Crippen LogP contribution is 2.29. The Labute approximate surface area is 178 Å². The van der Waals surface area contributed by atoms with E-state index in [0.717, 1.165) is 32.6 Å². The lowest BCUT2D eigenvalue weighted by Crippen LogP contribution is -2.32. The Hall–Kier alpha value is -3.18. The molecule has 1 aliphatic heterocycles. The summed E-state index contributed by atoms with van der Waals surface area (Å²) in [5.41, 5.74) is 4.04. The van der Waals surface area contributed by atoms with Crippen molar-refractivity contribution in [1.82, 2.24) is 0 Å². The van der Waals surface area contributed by atoms with Crippen molar-refractivity contribution in [2.45, 2.75) is 6.92 Å². The minimum absolute atomic E-state index is 0.149. The van der Waals surface area contributed by atoms with Crippen LogP contribution in [0.2, 0.25) is 0 Å². The van der Waals surface area contributed by atoms with Gasteiger partial charge in [0.2, 0.25) is 0 Å². The molecule has 0 bridgehead atoms. The number of amidine groups is 1. The van der Waals surface area contributed by atoms with Crippen LogP contribution in [-0.4, -0.2) is 18.9 Å². The minimum atomic E-state index is -0.149. The average molecular weight is 447 g/mol. The molecule has 1 aliphatic rings. The fourth-order valence-corrected chi connectivity index (χ4v) is 3.44. The molecule has 0 spiro atoms. The normalized spacial score (nSPS) is 15.0. The van der Waals surface area contributed by atoms with Crippen molar-refractivity contribution in [2.75, 3.05) is 12.0 Å². The molecule has 0 radical (unpaired) electrons. The number of aryl methyl sites for hydroxylation is 1. The number of carbonyl (C=O) groups is 1. The molecule has 0 atom stereocenters. The zero-order chi connectivity index (χ0) is 20.4. The second-order valence-corrected chi connectivity index (χ2v) is 7.64. The van der Waals surface area contributed by atoms with Gasteiger partial charge >= 0.3 is 0 Å². The van der Waals surface area contributed by atoms with Crippen LogP contribution in [0.5, 0.6) is 5.75 Å². The summed E-state index contributed by atoms with van der Waals surface area (Å²) in [7, 11) is 1.63. The molecule has 0 N–H and O–H groups in total. The van der Waals surface area contributed by atoms with Crippen LogP contribution in [0, 0.1) is 6.92 Å². The van der Waals surface area contributed by atoms with Gasteiger partial charge in [-0.05, 0) is 72.7 Å². The minimum Gasteiger partial charge on any atom is -0.497 e. The Morgan fingerprint density at radius 3 is 2.38 bits per heavy atom. The molecular formula is C24H19BrN2O2. The summed E-state index contributed by atoms with van der Waals surface area (Å²) in [6.07, 6.45) is 1.81. The SMILES string of the molecule is COc1ccc(C2=N/C(=C/c3ccc(Br)cc3)C(=O)N2c2cccc(C)c2)cc1. The molecule has 3 aromatic carbocycles. The number of benzene rings is 3. The highest BCUT2D eigenvalue weighted by atomic mass is 79.9. The quantitative estimate of drug-likeness (QED) is 0.489. The maximum absolute atomic E-state index is 13.3. The maximum atomic E-state index is 13.3. The number of nitrogens with zero attached hydrogens (tertiary/aromatic N) is 2. The van der Waals surface area contributed by atoms with Crippen LogP contribution in [0.4, 0.5) is 5.69 Å². The lowest BCUT2D eigenvalue weighted by atomic mass is 10.1. The summed E-state index contributed by atoms with van der Waals surface area (Å²) in [5.74, 6) is 1.21. The van der Waals surface area contributed by atoms with Gasteiger partial charge in [-0.15, -0.1) is 0 Å². The number of rotatable bonds is 4. The van der Waals surface area contributed by atoms with Crippen molar-refractivity contribution in [3.8, 4) is 5.75 Å². The van der Waals surface area contributed by atoms with E-state index in [2.05, 4.69) is 15.9 Å². The molecule has 0 aromatic heterocycles. The Bertz CT molecular complexity index is 1120. The Balaban J connectivity index is 1.81. The number of hydrogen-bond donors (Lipinski definition) is 0. The van der Waals surface area contributed by atoms with Crippen molar-refractivity contribution in [2.24, 2.45) is 4.99 Å². The van der Waals surface area contributed by atoms with Crippen LogP contribution in [-0.2, 0) is 4.79 Å². The molecule has 0 saturated heterocycles. The Morgan fingerprint density at radius 2 is 1.72 bits per heavy atom. The van der Waals surface area contributed by atoms with Crippen LogP contribution in [0.1, 0.15) is 16.7 Å². The van der Waals surface area contributed by atoms with E-state index in [1.165, 1.54) is 0 Å². The molecule has 3 aromatic rings. The Kier molecular flexibility index (Phi) is 5.32. The van der Waals surface area contributed by atoms with Crippen molar-refractivity contribution in [1.29, 1.82) is 0 Å². The van der Waals surface area contributed by atoms with Gasteiger partial charge in [0.1, 0.15) is 17.3 Å². The van der Waals surface area contributed by atoms with Gasteiger partial charge in [0.25, 0.3) is 5.91 Å². The van der Waals surface area contributed by atoms with Gasteiger partial charge in [-0.3, -0.25) is 9.69 Å². The molecule has 1 amide bonds. The summed E-state index contributed by atoms with van der Waals surface area (Å²) >= 11 is 3.44. The third-order valence-electron chi connectivity index (χ3n) is 4.64. The molecule has 0 unspecified atom stereocenters. The predicted octanol–water partition coefficient (Wildman–Crippen LogP) is 5.60. The summed E-state index contributed by atoms with van der Waals surface area (Å²) in [6, 6.07) is 23.2. The largest absolute Gasteiger partial charge is 0.497 e. The van der Waals surface area contributed by atoms with E-state index in [1.807, 2.05) is 85.8 Å². The van der Waals surface area contributed by atoms with E-state index in [9.17, 15) is 4.79 Å². The zero-order valence-electron chi connectivity index (χ0n) is 16.1. The first kappa shape index (κ1) is 19.2. The number of methoxy groups -OCH3 is 1. The molecule has 0 aliphatic carbocycles. The molecule has 4 nitrogen and oxygen atoms in total. The van der Waals surface area contributed by atoms with Gasteiger partial charge in [0, 0.05) is 10.0 Å². The standard InChI is InChI=1S/C24H19BrN2O2/c1-16-4-3-5-20(14-16)27-23(18-8-12-21(29-2)13-9-18)26-22(24(27)28)15-17-6-10-19(25)11-7-17/h3-15H,1-2H3/b22-15+. The van der Waals surface area contributed by atoms with Crippen molar-refractivity contribution < 1.29 is 9.53 Å². The van der Waals surface area contributed by atoms with E-state index in [-0.39, 0.29) is 5.91 Å². The molecule has 4 rings (SSSR count). The number of hydrogen-bond acceptors (Lipinski definition) is 3. The number of amides is 1. The predicted molar refractivity (Wildman–Crippen MR) is 120 cm³/mol. The number of carbonyl (C=O) groups excluding carboxylic acids is 1. The lowest BCUT2D eigenvalue weighted by molar-refractivity contribution is -0.113. The van der Waals surface area contributed by atoms with Gasteiger partial charge < -0.3 is 4.74 Å². The molecule has 0 fully saturated rings.